The summed E-state index contributed by atoms with van der Waals surface area (Å²) in [5.41, 5.74) is 2.40. The second kappa shape index (κ2) is 7.74. The molecule has 1 saturated heterocycles. The predicted octanol–water partition coefficient (Wildman–Crippen LogP) is 1.56. The van der Waals surface area contributed by atoms with E-state index in [4.69, 9.17) is 4.52 Å². The lowest BCUT2D eigenvalue weighted by Crippen LogP contribution is -2.48. The normalized spacial score (nSPS) is 18.4. The van der Waals surface area contributed by atoms with E-state index >= 15 is 0 Å². The largest absolute Gasteiger partial charge is 0.344 e. The van der Waals surface area contributed by atoms with Crippen molar-refractivity contribution in [1.29, 1.82) is 0 Å². The summed E-state index contributed by atoms with van der Waals surface area (Å²) in [7, 11) is 0. The van der Waals surface area contributed by atoms with Crippen molar-refractivity contribution >= 4 is 17.8 Å². The lowest BCUT2D eigenvalue weighted by atomic mass is 9.92. The summed E-state index contributed by atoms with van der Waals surface area (Å²) < 4.78 is 5.14. The Labute approximate surface area is 171 Å². The van der Waals surface area contributed by atoms with Gasteiger partial charge in [0.05, 0.1) is 0 Å². The van der Waals surface area contributed by atoms with Crippen LogP contribution in [0.1, 0.15) is 24.8 Å². The number of nitrogens with zero attached hydrogens (tertiary/aromatic N) is 4. The molecule has 3 aromatic rings. The molecule has 0 bridgehead atoms. The van der Waals surface area contributed by atoms with Gasteiger partial charge < -0.3 is 9.84 Å². The molecule has 0 saturated carbocycles. The van der Waals surface area contributed by atoms with Crippen LogP contribution < -0.4 is 10.7 Å². The quantitative estimate of drug-likeness (QED) is 0.594. The van der Waals surface area contributed by atoms with E-state index in [1.54, 1.807) is 55.7 Å². The number of aromatic nitrogens is 3. The van der Waals surface area contributed by atoms with Gasteiger partial charge in [0.1, 0.15) is 5.54 Å². The van der Waals surface area contributed by atoms with Crippen LogP contribution in [0.5, 0.6) is 0 Å². The fraction of sp³-hybridized carbons (Fsp3) is 0.200. The summed E-state index contributed by atoms with van der Waals surface area (Å²) in [6.07, 6.45) is 3.34. The number of rotatable bonds is 6. The van der Waals surface area contributed by atoms with Gasteiger partial charge in [0, 0.05) is 30.8 Å². The monoisotopic (exact) mass is 406 g/mol. The van der Waals surface area contributed by atoms with E-state index in [1.807, 2.05) is 6.07 Å². The first-order chi connectivity index (χ1) is 14.5. The standard InChI is InChI=1S/C20H18N6O4/c1-20(14-7-3-2-4-8-14)18(28)26(19(29)23-20)24-15(27)9-10-16-22-17(25-30-16)13-6-5-11-21-12-13/h2-8,11-12H,9-10H2,1H3,(H,23,29)(H,24,27). The van der Waals surface area contributed by atoms with Crippen molar-refractivity contribution in [3.8, 4) is 11.4 Å². The lowest BCUT2D eigenvalue weighted by molar-refractivity contribution is -0.139. The molecule has 1 aromatic carbocycles. The fourth-order valence-electron chi connectivity index (χ4n) is 3.08. The molecule has 2 aromatic heterocycles. The van der Waals surface area contributed by atoms with E-state index in [1.165, 1.54) is 0 Å². The number of imide groups is 1. The van der Waals surface area contributed by atoms with Crippen LogP contribution in [-0.2, 0) is 21.5 Å². The van der Waals surface area contributed by atoms with Crippen molar-refractivity contribution in [3.05, 3.63) is 66.3 Å². The maximum Gasteiger partial charge on any atom is 0.344 e. The number of hydrazine groups is 1. The van der Waals surface area contributed by atoms with Crippen molar-refractivity contribution in [3.63, 3.8) is 0 Å². The van der Waals surface area contributed by atoms with Crippen molar-refractivity contribution in [1.82, 2.24) is 30.9 Å². The van der Waals surface area contributed by atoms with Crippen LogP contribution in [0.15, 0.2) is 59.4 Å². The Balaban J connectivity index is 1.37. The molecule has 30 heavy (non-hydrogen) atoms. The molecule has 0 aliphatic carbocycles. The van der Waals surface area contributed by atoms with E-state index in [2.05, 4.69) is 25.9 Å². The molecule has 152 valence electrons. The number of nitrogens with one attached hydrogen (secondary N) is 2. The van der Waals surface area contributed by atoms with Gasteiger partial charge in [-0.1, -0.05) is 35.5 Å². The first-order valence-electron chi connectivity index (χ1n) is 9.22. The van der Waals surface area contributed by atoms with Crippen molar-refractivity contribution < 1.29 is 18.9 Å². The molecule has 3 heterocycles. The number of amides is 4. The summed E-state index contributed by atoms with van der Waals surface area (Å²) in [5, 5.41) is 7.18. The van der Waals surface area contributed by atoms with Gasteiger partial charge in [-0.3, -0.25) is 20.0 Å². The lowest BCUT2D eigenvalue weighted by Gasteiger charge is -2.22. The molecule has 1 aliphatic rings. The van der Waals surface area contributed by atoms with Crippen molar-refractivity contribution in [2.75, 3.05) is 0 Å². The molecule has 1 unspecified atom stereocenters. The summed E-state index contributed by atoms with van der Waals surface area (Å²) in [4.78, 5) is 45.6. The van der Waals surface area contributed by atoms with E-state index in [0.29, 0.717) is 22.0 Å². The molecule has 10 heteroatoms. The molecule has 4 rings (SSSR count). The Morgan fingerprint density at radius 1 is 1.20 bits per heavy atom. The highest BCUT2D eigenvalue weighted by molar-refractivity contribution is 6.08. The van der Waals surface area contributed by atoms with Crippen LogP contribution in [0.3, 0.4) is 0 Å². The van der Waals surface area contributed by atoms with Crippen molar-refractivity contribution in [2.24, 2.45) is 0 Å². The smallest absolute Gasteiger partial charge is 0.339 e. The van der Waals surface area contributed by atoms with Crippen LogP contribution in [0.2, 0.25) is 0 Å². The van der Waals surface area contributed by atoms with Crippen LogP contribution in [-0.4, -0.2) is 38.0 Å². The summed E-state index contributed by atoms with van der Waals surface area (Å²) in [5.74, 6) is -0.470. The number of aryl methyl sites for hydroxylation is 1. The second-order valence-corrected chi connectivity index (χ2v) is 6.85. The van der Waals surface area contributed by atoms with Gasteiger partial charge in [-0.15, -0.1) is 0 Å². The second-order valence-electron chi connectivity index (χ2n) is 6.85. The zero-order chi connectivity index (χ0) is 21.1. The van der Waals surface area contributed by atoms with E-state index in [-0.39, 0.29) is 18.7 Å². The Hall–Kier alpha value is -4.08. The third kappa shape index (κ3) is 3.62. The number of carbonyl (C=O) groups is 3. The van der Waals surface area contributed by atoms with Gasteiger partial charge in [0.25, 0.3) is 5.91 Å². The zero-order valence-electron chi connectivity index (χ0n) is 16.0. The van der Waals surface area contributed by atoms with Crippen LogP contribution in [0, 0.1) is 0 Å². The van der Waals surface area contributed by atoms with Crippen LogP contribution in [0.4, 0.5) is 4.79 Å². The molecule has 4 amide bonds. The number of carbonyl (C=O) groups excluding carboxylic acids is 3. The minimum absolute atomic E-state index is 0.0478. The number of benzene rings is 1. The SMILES string of the molecule is CC1(c2ccccc2)NC(=O)N(NC(=O)CCc2nc(-c3cccnc3)no2)C1=O. The average Bonchev–Trinajstić information content (AvgIpc) is 3.33. The maximum absolute atomic E-state index is 12.8. The van der Waals surface area contributed by atoms with Gasteiger partial charge in [-0.2, -0.15) is 9.99 Å². The maximum atomic E-state index is 12.8. The third-order valence-electron chi connectivity index (χ3n) is 4.73. The van der Waals surface area contributed by atoms with Gasteiger partial charge in [0.15, 0.2) is 0 Å². The molecule has 1 aliphatic heterocycles. The topological polar surface area (TPSA) is 130 Å². The summed E-state index contributed by atoms with van der Waals surface area (Å²) in [6.45, 7) is 1.59. The Morgan fingerprint density at radius 2 is 2.00 bits per heavy atom. The van der Waals surface area contributed by atoms with Gasteiger partial charge in [-0.25, -0.2) is 4.79 Å². The number of urea groups is 1. The van der Waals surface area contributed by atoms with Gasteiger partial charge in [-0.05, 0) is 24.6 Å². The van der Waals surface area contributed by atoms with Crippen LogP contribution in [0.25, 0.3) is 11.4 Å². The summed E-state index contributed by atoms with van der Waals surface area (Å²) >= 11 is 0. The molecule has 0 spiro atoms. The fourth-order valence-corrected chi connectivity index (χ4v) is 3.08. The van der Waals surface area contributed by atoms with E-state index < -0.39 is 23.4 Å². The Morgan fingerprint density at radius 3 is 2.73 bits per heavy atom. The highest BCUT2D eigenvalue weighted by Gasteiger charge is 2.49. The molecular weight excluding hydrogens is 388 g/mol. The average molecular weight is 406 g/mol. The Kier molecular flexibility index (Phi) is 4.97. The zero-order valence-corrected chi connectivity index (χ0v) is 16.0. The minimum Gasteiger partial charge on any atom is -0.339 e. The Bertz CT molecular complexity index is 1080. The molecule has 2 N–H and O–H groups in total. The van der Waals surface area contributed by atoms with Gasteiger partial charge >= 0.3 is 6.03 Å². The highest BCUT2D eigenvalue weighted by atomic mass is 16.5. The minimum atomic E-state index is -1.25. The first kappa shape index (κ1) is 19.2. The molecular formula is C20H18N6O4. The van der Waals surface area contributed by atoms with Crippen molar-refractivity contribution in [2.45, 2.75) is 25.3 Å². The predicted molar refractivity (Wildman–Crippen MR) is 103 cm³/mol. The highest BCUT2D eigenvalue weighted by Crippen LogP contribution is 2.27. The molecule has 10 nitrogen and oxygen atoms in total. The molecule has 1 fully saturated rings. The number of hydrogen-bond donors (Lipinski definition) is 2. The molecule has 0 radical (unpaired) electrons. The number of pyridine rings is 1. The number of hydrogen-bond acceptors (Lipinski definition) is 7. The third-order valence-corrected chi connectivity index (χ3v) is 4.73. The van der Waals surface area contributed by atoms with Crippen LogP contribution >= 0.6 is 0 Å². The van der Waals surface area contributed by atoms with E-state index in [9.17, 15) is 14.4 Å². The van der Waals surface area contributed by atoms with Gasteiger partial charge in [0.2, 0.25) is 17.6 Å². The summed E-state index contributed by atoms with van der Waals surface area (Å²) in [6, 6.07) is 11.7. The van der Waals surface area contributed by atoms with E-state index in [0.717, 1.165) is 0 Å². The molecule has 1 atom stereocenters. The first-order valence-corrected chi connectivity index (χ1v) is 9.22.